The summed E-state index contributed by atoms with van der Waals surface area (Å²) in [6.45, 7) is 4.81. The van der Waals surface area contributed by atoms with Crippen LogP contribution in [0.3, 0.4) is 0 Å². The van der Waals surface area contributed by atoms with Crippen molar-refractivity contribution in [3.05, 3.63) is 35.4 Å². The maximum absolute atomic E-state index is 8.72. The lowest BCUT2D eigenvalue weighted by atomic mass is 10.1. The van der Waals surface area contributed by atoms with Gasteiger partial charge >= 0.3 is 0 Å². The molecule has 2 unspecified atom stereocenters. The maximum Gasteiger partial charge on any atom is 0.0991 e. The lowest BCUT2D eigenvalue weighted by molar-refractivity contribution is 0.0515. The van der Waals surface area contributed by atoms with Crippen molar-refractivity contribution in [2.24, 2.45) is 5.92 Å². The highest BCUT2D eigenvalue weighted by Gasteiger charge is 2.17. The molecule has 3 heteroatoms. The fourth-order valence-electron chi connectivity index (χ4n) is 1.85. The topological polar surface area (TPSA) is 45.0 Å². The van der Waals surface area contributed by atoms with Gasteiger partial charge in [0, 0.05) is 13.1 Å². The van der Waals surface area contributed by atoms with Crippen LogP contribution in [0, 0.1) is 17.2 Å². The molecule has 1 fully saturated rings. The second-order valence-corrected chi connectivity index (χ2v) is 4.32. The summed E-state index contributed by atoms with van der Waals surface area (Å²) in [6.07, 6.45) is 0.109. The first-order chi connectivity index (χ1) is 7.79. The van der Waals surface area contributed by atoms with Crippen LogP contribution in [0.4, 0.5) is 0 Å². The van der Waals surface area contributed by atoms with Crippen LogP contribution >= 0.6 is 0 Å². The van der Waals surface area contributed by atoms with E-state index in [0.717, 1.165) is 25.3 Å². The average Bonchev–Trinajstić information content (AvgIpc) is 2.54. The number of nitriles is 1. The van der Waals surface area contributed by atoms with Crippen molar-refractivity contribution >= 4 is 0 Å². The number of nitrogens with one attached hydrogen (secondary N) is 1. The molecule has 1 heterocycles. The predicted molar refractivity (Wildman–Crippen MR) is 61.9 cm³/mol. The van der Waals surface area contributed by atoms with Gasteiger partial charge in [-0.1, -0.05) is 19.1 Å². The molecular formula is C13H16N2O. The Morgan fingerprint density at radius 1 is 1.31 bits per heavy atom. The highest BCUT2D eigenvalue weighted by Crippen LogP contribution is 2.20. The van der Waals surface area contributed by atoms with Crippen LogP contribution in [-0.2, 0) is 4.74 Å². The third-order valence-corrected chi connectivity index (χ3v) is 2.82. The third kappa shape index (κ3) is 2.60. The SMILES string of the molecule is CC1CNCC(c2ccc(C#N)cc2)OC1. The molecule has 0 aliphatic carbocycles. The maximum atomic E-state index is 8.72. The molecule has 0 spiro atoms. The Kier molecular flexibility index (Phi) is 3.55. The second-order valence-electron chi connectivity index (χ2n) is 4.32. The Balaban J connectivity index is 2.08. The van der Waals surface area contributed by atoms with Crippen molar-refractivity contribution in [3.8, 4) is 6.07 Å². The molecule has 1 aliphatic rings. The van der Waals surface area contributed by atoms with Gasteiger partial charge in [-0.3, -0.25) is 0 Å². The molecule has 0 radical (unpaired) electrons. The molecule has 0 amide bonds. The molecule has 0 saturated carbocycles. The summed E-state index contributed by atoms with van der Waals surface area (Å²) in [6, 6.07) is 9.75. The number of benzene rings is 1. The smallest absolute Gasteiger partial charge is 0.0991 e. The third-order valence-electron chi connectivity index (χ3n) is 2.82. The molecule has 1 aromatic carbocycles. The van der Waals surface area contributed by atoms with Crippen LogP contribution in [0.5, 0.6) is 0 Å². The summed E-state index contributed by atoms with van der Waals surface area (Å²) in [4.78, 5) is 0. The van der Waals surface area contributed by atoms with Gasteiger partial charge in [-0.25, -0.2) is 0 Å². The summed E-state index contributed by atoms with van der Waals surface area (Å²) in [5.74, 6) is 0.559. The molecule has 1 aromatic rings. The van der Waals surface area contributed by atoms with Gasteiger partial charge in [-0.05, 0) is 23.6 Å². The first-order valence-electron chi connectivity index (χ1n) is 5.62. The number of hydrogen-bond acceptors (Lipinski definition) is 3. The van der Waals surface area contributed by atoms with Gasteiger partial charge in [0.2, 0.25) is 0 Å². The molecule has 1 aliphatic heterocycles. The highest BCUT2D eigenvalue weighted by molar-refractivity contribution is 5.32. The van der Waals surface area contributed by atoms with Crippen LogP contribution < -0.4 is 5.32 Å². The van der Waals surface area contributed by atoms with E-state index < -0.39 is 0 Å². The summed E-state index contributed by atoms with van der Waals surface area (Å²) in [7, 11) is 0. The minimum atomic E-state index is 0.109. The first kappa shape index (κ1) is 11.1. The van der Waals surface area contributed by atoms with Gasteiger partial charge in [0.15, 0.2) is 0 Å². The van der Waals surface area contributed by atoms with Crippen LogP contribution in [0.25, 0.3) is 0 Å². The van der Waals surface area contributed by atoms with Crippen molar-refractivity contribution in [2.45, 2.75) is 13.0 Å². The zero-order valence-corrected chi connectivity index (χ0v) is 9.44. The van der Waals surface area contributed by atoms with E-state index in [4.69, 9.17) is 10.00 Å². The summed E-state index contributed by atoms with van der Waals surface area (Å²) in [5, 5.41) is 12.1. The van der Waals surface area contributed by atoms with Gasteiger partial charge < -0.3 is 10.1 Å². The molecule has 3 nitrogen and oxygen atoms in total. The van der Waals surface area contributed by atoms with Crippen molar-refractivity contribution in [1.82, 2.24) is 5.32 Å². The van der Waals surface area contributed by atoms with Gasteiger partial charge in [0.1, 0.15) is 0 Å². The van der Waals surface area contributed by atoms with Crippen molar-refractivity contribution in [2.75, 3.05) is 19.7 Å². The van der Waals surface area contributed by atoms with Crippen LogP contribution in [0.15, 0.2) is 24.3 Å². The van der Waals surface area contributed by atoms with Gasteiger partial charge in [0.05, 0.1) is 24.3 Å². The number of hydrogen-bond donors (Lipinski definition) is 1. The van der Waals surface area contributed by atoms with Crippen molar-refractivity contribution < 1.29 is 4.74 Å². The molecular weight excluding hydrogens is 200 g/mol. The normalized spacial score (nSPS) is 25.8. The number of rotatable bonds is 1. The van der Waals surface area contributed by atoms with E-state index in [1.165, 1.54) is 0 Å². The fourth-order valence-corrected chi connectivity index (χ4v) is 1.85. The molecule has 16 heavy (non-hydrogen) atoms. The minimum absolute atomic E-state index is 0.109. The van der Waals surface area contributed by atoms with E-state index in [1.807, 2.05) is 24.3 Å². The highest BCUT2D eigenvalue weighted by atomic mass is 16.5. The van der Waals surface area contributed by atoms with E-state index in [2.05, 4.69) is 18.3 Å². The predicted octanol–water partition coefficient (Wildman–Crippen LogP) is 1.86. The summed E-state index contributed by atoms with van der Waals surface area (Å²) >= 11 is 0. The van der Waals surface area contributed by atoms with E-state index in [1.54, 1.807) is 0 Å². The lowest BCUT2D eigenvalue weighted by Gasteiger charge is -2.15. The molecule has 1 saturated heterocycles. The molecule has 1 N–H and O–H groups in total. The van der Waals surface area contributed by atoms with Crippen LogP contribution in [0.2, 0.25) is 0 Å². The average molecular weight is 216 g/mol. The van der Waals surface area contributed by atoms with Crippen molar-refractivity contribution in [3.63, 3.8) is 0 Å². The van der Waals surface area contributed by atoms with Crippen LogP contribution in [-0.4, -0.2) is 19.7 Å². The molecule has 84 valence electrons. The second kappa shape index (κ2) is 5.11. The van der Waals surface area contributed by atoms with Gasteiger partial charge in [-0.2, -0.15) is 5.26 Å². The lowest BCUT2D eigenvalue weighted by Crippen LogP contribution is -2.22. The Morgan fingerprint density at radius 2 is 2.06 bits per heavy atom. The Morgan fingerprint density at radius 3 is 2.75 bits per heavy atom. The van der Waals surface area contributed by atoms with E-state index in [9.17, 15) is 0 Å². The standard InChI is InChI=1S/C13H16N2O/c1-10-7-15-8-13(16-9-10)12-4-2-11(6-14)3-5-12/h2-5,10,13,15H,7-9H2,1H3. The van der Waals surface area contributed by atoms with E-state index >= 15 is 0 Å². The zero-order chi connectivity index (χ0) is 11.4. The van der Waals surface area contributed by atoms with Crippen molar-refractivity contribution in [1.29, 1.82) is 5.26 Å². The molecule has 0 aromatic heterocycles. The number of nitrogens with zero attached hydrogens (tertiary/aromatic N) is 1. The summed E-state index contributed by atoms with van der Waals surface area (Å²) in [5.41, 5.74) is 1.83. The Bertz CT molecular complexity index is 380. The molecule has 0 bridgehead atoms. The molecule has 2 atom stereocenters. The van der Waals surface area contributed by atoms with E-state index in [0.29, 0.717) is 11.5 Å². The zero-order valence-electron chi connectivity index (χ0n) is 9.44. The Hall–Kier alpha value is -1.37. The number of ether oxygens (including phenoxy) is 1. The van der Waals surface area contributed by atoms with E-state index in [-0.39, 0.29) is 6.10 Å². The monoisotopic (exact) mass is 216 g/mol. The quantitative estimate of drug-likeness (QED) is 0.779. The largest absolute Gasteiger partial charge is 0.372 e. The fraction of sp³-hybridized carbons (Fsp3) is 0.462. The van der Waals surface area contributed by atoms with Crippen LogP contribution in [0.1, 0.15) is 24.2 Å². The van der Waals surface area contributed by atoms with Gasteiger partial charge in [-0.15, -0.1) is 0 Å². The first-order valence-corrected chi connectivity index (χ1v) is 5.62. The summed E-state index contributed by atoms with van der Waals surface area (Å²) < 4.78 is 5.83. The van der Waals surface area contributed by atoms with Gasteiger partial charge in [0.25, 0.3) is 0 Å². The minimum Gasteiger partial charge on any atom is -0.372 e. The molecule has 2 rings (SSSR count). The Labute approximate surface area is 96.0 Å².